The lowest BCUT2D eigenvalue weighted by molar-refractivity contribution is -0.121. The number of hydrogen-bond donors (Lipinski definition) is 1. The number of aromatic nitrogens is 4. The lowest BCUT2D eigenvalue weighted by atomic mass is 10.2. The Labute approximate surface area is 158 Å². The standard InChI is InChI=1S/C19H26N6O2/c1-14-10-20-24(11-14)9-7-18(26)21-16-6-8-23(13-16)17-4-5-19(27)25(22-17)12-15-2-3-15/h4-5,10-11,15-16H,2-3,6-9,12-13H2,1H3,(H,21,26). The van der Waals surface area contributed by atoms with Crippen molar-refractivity contribution in [1.82, 2.24) is 24.9 Å². The molecule has 8 nitrogen and oxygen atoms in total. The van der Waals surface area contributed by atoms with E-state index in [1.807, 2.05) is 13.1 Å². The molecule has 27 heavy (non-hydrogen) atoms. The van der Waals surface area contributed by atoms with Crippen LogP contribution < -0.4 is 15.8 Å². The predicted octanol–water partition coefficient (Wildman–Crippen LogP) is 0.943. The van der Waals surface area contributed by atoms with Gasteiger partial charge in [0.2, 0.25) is 5.91 Å². The lowest BCUT2D eigenvalue weighted by Gasteiger charge is -2.19. The zero-order chi connectivity index (χ0) is 18.8. The van der Waals surface area contributed by atoms with Crippen LogP contribution in [-0.4, -0.2) is 44.6 Å². The molecule has 0 aromatic carbocycles. The molecule has 4 rings (SSSR count). The molecular formula is C19H26N6O2. The van der Waals surface area contributed by atoms with Crippen molar-refractivity contribution in [3.63, 3.8) is 0 Å². The van der Waals surface area contributed by atoms with Crippen molar-refractivity contribution in [2.75, 3.05) is 18.0 Å². The SMILES string of the molecule is Cc1cnn(CCC(=O)NC2CCN(c3ccc(=O)n(CC4CC4)n3)C2)c1. The van der Waals surface area contributed by atoms with E-state index in [0.29, 0.717) is 25.4 Å². The van der Waals surface area contributed by atoms with Crippen LogP contribution in [0.15, 0.2) is 29.3 Å². The summed E-state index contributed by atoms with van der Waals surface area (Å²) in [6.07, 6.45) is 7.41. The van der Waals surface area contributed by atoms with E-state index in [9.17, 15) is 9.59 Å². The van der Waals surface area contributed by atoms with Gasteiger partial charge in [0.1, 0.15) is 5.82 Å². The molecule has 2 aromatic heterocycles. The number of aryl methyl sites for hydroxylation is 2. The van der Waals surface area contributed by atoms with Crippen LogP contribution in [0.2, 0.25) is 0 Å². The van der Waals surface area contributed by atoms with Gasteiger partial charge in [0.25, 0.3) is 5.56 Å². The number of carbonyl (C=O) groups is 1. The first-order valence-corrected chi connectivity index (χ1v) is 9.68. The number of nitrogens with zero attached hydrogens (tertiary/aromatic N) is 5. The summed E-state index contributed by atoms with van der Waals surface area (Å²) >= 11 is 0. The third kappa shape index (κ3) is 4.56. The molecule has 1 aliphatic heterocycles. The molecule has 1 saturated heterocycles. The lowest BCUT2D eigenvalue weighted by Crippen LogP contribution is -2.38. The topological polar surface area (TPSA) is 85.0 Å². The van der Waals surface area contributed by atoms with E-state index >= 15 is 0 Å². The smallest absolute Gasteiger partial charge is 0.266 e. The van der Waals surface area contributed by atoms with E-state index in [1.165, 1.54) is 12.8 Å². The van der Waals surface area contributed by atoms with Crippen LogP contribution in [0.1, 0.15) is 31.2 Å². The second-order valence-electron chi connectivity index (χ2n) is 7.69. The first-order valence-electron chi connectivity index (χ1n) is 9.68. The zero-order valence-electron chi connectivity index (χ0n) is 15.7. The second kappa shape index (κ2) is 7.54. The number of anilines is 1. The summed E-state index contributed by atoms with van der Waals surface area (Å²) in [5, 5.41) is 11.8. The maximum atomic E-state index is 12.2. The van der Waals surface area contributed by atoms with Crippen molar-refractivity contribution < 1.29 is 4.79 Å². The highest BCUT2D eigenvalue weighted by molar-refractivity contribution is 5.76. The molecule has 8 heteroatoms. The summed E-state index contributed by atoms with van der Waals surface area (Å²) in [6.45, 7) is 4.84. The van der Waals surface area contributed by atoms with E-state index < -0.39 is 0 Å². The largest absolute Gasteiger partial charge is 0.353 e. The Balaban J connectivity index is 1.29. The molecule has 1 aliphatic carbocycles. The van der Waals surface area contributed by atoms with Gasteiger partial charge < -0.3 is 10.2 Å². The average Bonchev–Trinajstić information content (AvgIpc) is 3.17. The fraction of sp³-hybridized carbons (Fsp3) is 0.579. The van der Waals surface area contributed by atoms with Gasteiger partial charge in [0.05, 0.1) is 6.20 Å². The average molecular weight is 370 g/mol. The van der Waals surface area contributed by atoms with Crippen molar-refractivity contribution in [3.05, 3.63) is 40.4 Å². The van der Waals surface area contributed by atoms with Crippen molar-refractivity contribution in [1.29, 1.82) is 0 Å². The molecule has 1 N–H and O–H groups in total. The van der Waals surface area contributed by atoms with E-state index in [1.54, 1.807) is 27.7 Å². The number of nitrogens with one attached hydrogen (secondary N) is 1. The van der Waals surface area contributed by atoms with Crippen molar-refractivity contribution in [3.8, 4) is 0 Å². The first kappa shape index (κ1) is 17.8. The van der Waals surface area contributed by atoms with E-state index in [4.69, 9.17) is 0 Å². The van der Waals surface area contributed by atoms with E-state index in [-0.39, 0.29) is 17.5 Å². The summed E-state index contributed by atoms with van der Waals surface area (Å²) in [5.41, 5.74) is 1.06. The molecule has 0 bridgehead atoms. The first-order chi connectivity index (χ1) is 13.1. The van der Waals surface area contributed by atoms with Gasteiger partial charge in [0, 0.05) is 50.9 Å². The van der Waals surface area contributed by atoms with E-state index in [2.05, 4.69) is 20.4 Å². The Hall–Kier alpha value is -2.64. The second-order valence-corrected chi connectivity index (χ2v) is 7.69. The van der Waals surface area contributed by atoms with Gasteiger partial charge in [-0.2, -0.15) is 10.2 Å². The van der Waals surface area contributed by atoms with Gasteiger partial charge in [-0.05, 0) is 43.7 Å². The summed E-state index contributed by atoms with van der Waals surface area (Å²) in [5.74, 6) is 1.47. The molecule has 1 amide bonds. The maximum Gasteiger partial charge on any atom is 0.266 e. The van der Waals surface area contributed by atoms with Gasteiger partial charge in [0.15, 0.2) is 0 Å². The summed E-state index contributed by atoms with van der Waals surface area (Å²) < 4.78 is 3.38. The van der Waals surface area contributed by atoms with Gasteiger partial charge in [-0.3, -0.25) is 14.3 Å². The summed E-state index contributed by atoms with van der Waals surface area (Å²) in [4.78, 5) is 26.3. The molecule has 1 unspecified atom stereocenters. The van der Waals surface area contributed by atoms with Crippen LogP contribution in [0.5, 0.6) is 0 Å². The van der Waals surface area contributed by atoms with Crippen LogP contribution in [0, 0.1) is 12.8 Å². The Morgan fingerprint density at radius 2 is 2.15 bits per heavy atom. The minimum Gasteiger partial charge on any atom is -0.353 e. The third-order valence-electron chi connectivity index (χ3n) is 5.19. The van der Waals surface area contributed by atoms with Crippen LogP contribution in [-0.2, 0) is 17.9 Å². The fourth-order valence-electron chi connectivity index (χ4n) is 3.47. The van der Waals surface area contributed by atoms with E-state index in [0.717, 1.165) is 30.9 Å². The minimum absolute atomic E-state index is 0.0384. The number of hydrogen-bond acceptors (Lipinski definition) is 5. The van der Waals surface area contributed by atoms with Gasteiger partial charge in [-0.25, -0.2) is 4.68 Å². The molecule has 3 heterocycles. The maximum absolute atomic E-state index is 12.2. The van der Waals surface area contributed by atoms with Crippen molar-refractivity contribution >= 4 is 11.7 Å². The quantitative estimate of drug-likeness (QED) is 0.784. The van der Waals surface area contributed by atoms with Crippen molar-refractivity contribution in [2.45, 2.75) is 51.7 Å². The number of carbonyl (C=O) groups excluding carboxylic acids is 1. The third-order valence-corrected chi connectivity index (χ3v) is 5.19. The van der Waals surface area contributed by atoms with Gasteiger partial charge >= 0.3 is 0 Å². The Morgan fingerprint density at radius 1 is 1.30 bits per heavy atom. The Kier molecular flexibility index (Phi) is 4.96. The molecular weight excluding hydrogens is 344 g/mol. The Morgan fingerprint density at radius 3 is 2.89 bits per heavy atom. The molecule has 1 atom stereocenters. The highest BCUT2D eigenvalue weighted by Crippen LogP contribution is 2.30. The molecule has 2 aliphatic rings. The van der Waals surface area contributed by atoms with Gasteiger partial charge in [-0.1, -0.05) is 0 Å². The Bertz CT molecular complexity index is 869. The van der Waals surface area contributed by atoms with Crippen LogP contribution in [0.25, 0.3) is 0 Å². The summed E-state index contributed by atoms with van der Waals surface area (Å²) in [6, 6.07) is 3.50. The molecule has 2 aromatic rings. The normalized spacial score (nSPS) is 19.4. The fourth-order valence-corrected chi connectivity index (χ4v) is 3.47. The number of amides is 1. The monoisotopic (exact) mass is 370 g/mol. The molecule has 1 saturated carbocycles. The highest BCUT2D eigenvalue weighted by Gasteiger charge is 2.26. The van der Waals surface area contributed by atoms with Crippen LogP contribution in [0.3, 0.4) is 0 Å². The molecule has 2 fully saturated rings. The van der Waals surface area contributed by atoms with Crippen LogP contribution in [0.4, 0.5) is 5.82 Å². The summed E-state index contributed by atoms with van der Waals surface area (Å²) in [7, 11) is 0. The highest BCUT2D eigenvalue weighted by atomic mass is 16.1. The zero-order valence-corrected chi connectivity index (χ0v) is 15.7. The van der Waals surface area contributed by atoms with Gasteiger partial charge in [-0.15, -0.1) is 0 Å². The molecule has 144 valence electrons. The van der Waals surface area contributed by atoms with Crippen LogP contribution >= 0.6 is 0 Å². The molecule has 0 spiro atoms. The minimum atomic E-state index is -0.0384. The predicted molar refractivity (Wildman–Crippen MR) is 102 cm³/mol. The van der Waals surface area contributed by atoms with Crippen molar-refractivity contribution in [2.24, 2.45) is 5.92 Å². The number of rotatable bonds is 7. The molecule has 0 radical (unpaired) electrons.